The first kappa shape index (κ1) is 19.0. The normalized spacial score (nSPS) is 19.2. The van der Waals surface area contributed by atoms with Crippen LogP contribution in [0.5, 0.6) is 0 Å². The molecule has 3 aromatic rings. The van der Waals surface area contributed by atoms with Crippen molar-refractivity contribution in [1.29, 1.82) is 0 Å². The fraction of sp³-hybridized carbons (Fsp3) is 0.545. The van der Waals surface area contributed by atoms with Crippen molar-refractivity contribution in [1.82, 2.24) is 19.2 Å². The molecule has 0 spiro atoms. The van der Waals surface area contributed by atoms with E-state index in [-0.39, 0.29) is 5.91 Å². The fourth-order valence-corrected chi connectivity index (χ4v) is 5.56. The maximum Gasteiger partial charge on any atom is 0.265 e. The number of carbonyl (C=O) groups is 1. The van der Waals surface area contributed by atoms with Crippen LogP contribution in [0.3, 0.4) is 0 Å². The third kappa shape index (κ3) is 3.79. The number of fused-ring (bicyclic) bond motifs is 3. The monoisotopic (exact) mass is 412 g/mol. The number of nitrogens with zero attached hydrogens (tertiary/aromatic N) is 4. The van der Waals surface area contributed by atoms with Gasteiger partial charge in [-0.1, -0.05) is 36.7 Å². The highest BCUT2D eigenvalue weighted by Gasteiger charge is 2.25. The number of aromatic nitrogens is 2. The molecule has 29 heavy (non-hydrogen) atoms. The van der Waals surface area contributed by atoms with Crippen LogP contribution in [-0.4, -0.2) is 64.5 Å². The first-order valence-corrected chi connectivity index (χ1v) is 11.5. The minimum absolute atomic E-state index is 0.130. The third-order valence-corrected chi connectivity index (χ3v) is 7.30. The first-order valence-electron chi connectivity index (χ1n) is 10.7. The summed E-state index contributed by atoms with van der Waals surface area (Å²) in [6.45, 7) is 4.50. The van der Waals surface area contributed by atoms with E-state index in [4.69, 9.17) is 9.72 Å². The van der Waals surface area contributed by atoms with Gasteiger partial charge in [0.05, 0.1) is 24.2 Å². The maximum absolute atomic E-state index is 13.1. The average Bonchev–Trinajstić information content (AvgIpc) is 3.32. The number of carbonyl (C=O) groups excluding carboxylic acids is 1. The quantitative estimate of drug-likeness (QED) is 0.654. The van der Waals surface area contributed by atoms with Crippen LogP contribution in [0.1, 0.15) is 47.3 Å². The molecule has 1 aliphatic heterocycles. The summed E-state index contributed by atoms with van der Waals surface area (Å²) in [5.74, 6) is 0.130. The van der Waals surface area contributed by atoms with Crippen LogP contribution >= 0.6 is 11.3 Å². The summed E-state index contributed by atoms with van der Waals surface area (Å²) in [7, 11) is 1.96. The standard InChI is InChI=1S/C22H28N4O2S/c1-24(17-5-3-2-4-6-17)21(27)20-15-26-19-13-16(14-25-9-11-28-12-10-25)7-8-18(19)23-22(26)29-20/h7-8,13,15,17H,2-6,9-12,14H2,1H3. The Balaban J connectivity index is 1.40. The molecule has 2 aliphatic rings. The van der Waals surface area contributed by atoms with Gasteiger partial charge in [0.2, 0.25) is 0 Å². The van der Waals surface area contributed by atoms with Crippen molar-refractivity contribution in [2.75, 3.05) is 33.4 Å². The molecule has 7 heteroatoms. The molecule has 2 fully saturated rings. The van der Waals surface area contributed by atoms with Gasteiger partial charge < -0.3 is 9.64 Å². The van der Waals surface area contributed by atoms with E-state index in [9.17, 15) is 4.79 Å². The number of hydrogen-bond acceptors (Lipinski definition) is 5. The van der Waals surface area contributed by atoms with Crippen LogP contribution in [0.4, 0.5) is 0 Å². The van der Waals surface area contributed by atoms with Gasteiger partial charge in [0.25, 0.3) is 5.91 Å². The number of imidazole rings is 1. The Kier molecular flexibility index (Phi) is 5.28. The smallest absolute Gasteiger partial charge is 0.265 e. The second-order valence-corrected chi connectivity index (χ2v) is 9.29. The lowest BCUT2D eigenvalue weighted by molar-refractivity contribution is 0.0342. The molecule has 0 atom stereocenters. The summed E-state index contributed by atoms with van der Waals surface area (Å²) in [5, 5.41) is 0. The predicted molar refractivity (Wildman–Crippen MR) is 116 cm³/mol. The van der Waals surface area contributed by atoms with Gasteiger partial charge in [-0.05, 0) is 30.5 Å². The highest BCUT2D eigenvalue weighted by molar-refractivity contribution is 7.18. The maximum atomic E-state index is 13.1. The van der Waals surface area contributed by atoms with E-state index in [1.54, 1.807) is 0 Å². The van der Waals surface area contributed by atoms with Crippen LogP contribution in [-0.2, 0) is 11.3 Å². The number of rotatable bonds is 4. The van der Waals surface area contributed by atoms with E-state index in [0.29, 0.717) is 6.04 Å². The second-order valence-electron chi connectivity index (χ2n) is 8.28. The van der Waals surface area contributed by atoms with Gasteiger partial charge in [0.15, 0.2) is 4.96 Å². The van der Waals surface area contributed by atoms with E-state index in [0.717, 1.165) is 66.6 Å². The molecule has 1 amide bonds. The minimum Gasteiger partial charge on any atom is -0.379 e. The number of thiazole rings is 1. The Labute approximate surface area is 175 Å². The van der Waals surface area contributed by atoms with Gasteiger partial charge >= 0.3 is 0 Å². The van der Waals surface area contributed by atoms with Gasteiger partial charge in [-0.15, -0.1) is 0 Å². The number of ether oxygens (including phenoxy) is 1. The summed E-state index contributed by atoms with van der Waals surface area (Å²) in [6.07, 6.45) is 7.98. The molecule has 0 radical (unpaired) electrons. The zero-order valence-corrected chi connectivity index (χ0v) is 17.8. The van der Waals surface area contributed by atoms with Crippen molar-refractivity contribution < 1.29 is 9.53 Å². The highest BCUT2D eigenvalue weighted by Crippen LogP contribution is 2.28. The Morgan fingerprint density at radius 3 is 2.83 bits per heavy atom. The molecule has 0 bridgehead atoms. The minimum atomic E-state index is 0.130. The molecule has 1 aliphatic carbocycles. The van der Waals surface area contributed by atoms with Crippen LogP contribution in [0.15, 0.2) is 24.4 Å². The summed E-state index contributed by atoms with van der Waals surface area (Å²) < 4.78 is 7.54. The molecule has 3 heterocycles. The van der Waals surface area contributed by atoms with E-state index < -0.39 is 0 Å². The van der Waals surface area contributed by atoms with Crippen molar-refractivity contribution in [2.24, 2.45) is 0 Å². The highest BCUT2D eigenvalue weighted by atomic mass is 32.1. The van der Waals surface area contributed by atoms with Gasteiger partial charge in [-0.2, -0.15) is 0 Å². The lowest BCUT2D eigenvalue weighted by Crippen LogP contribution is -2.37. The summed E-state index contributed by atoms with van der Waals surface area (Å²) in [6, 6.07) is 6.86. The van der Waals surface area contributed by atoms with E-state index >= 15 is 0 Å². The lowest BCUT2D eigenvalue weighted by atomic mass is 9.94. The van der Waals surface area contributed by atoms with Crippen molar-refractivity contribution in [2.45, 2.75) is 44.7 Å². The van der Waals surface area contributed by atoms with E-state index in [1.165, 1.54) is 36.2 Å². The van der Waals surface area contributed by atoms with Gasteiger partial charge in [-0.3, -0.25) is 14.1 Å². The van der Waals surface area contributed by atoms with Gasteiger partial charge in [0, 0.05) is 38.9 Å². The summed E-state index contributed by atoms with van der Waals surface area (Å²) in [5.41, 5.74) is 3.35. The second kappa shape index (κ2) is 8.05. The van der Waals surface area contributed by atoms with Gasteiger partial charge in [-0.25, -0.2) is 4.98 Å². The number of morpholine rings is 1. The van der Waals surface area contributed by atoms with Crippen LogP contribution in [0.25, 0.3) is 16.0 Å². The topological polar surface area (TPSA) is 50.1 Å². The van der Waals surface area contributed by atoms with Crippen LogP contribution in [0, 0.1) is 0 Å². The number of amides is 1. The fourth-order valence-electron chi connectivity index (χ4n) is 4.58. The average molecular weight is 413 g/mol. The molecule has 0 N–H and O–H groups in total. The zero-order valence-electron chi connectivity index (χ0n) is 17.0. The molecule has 1 saturated heterocycles. The molecule has 0 unspecified atom stereocenters. The Hall–Kier alpha value is -1.96. The van der Waals surface area contributed by atoms with Crippen LogP contribution in [0.2, 0.25) is 0 Å². The molecule has 1 aromatic carbocycles. The predicted octanol–water partition coefficient (Wildman–Crippen LogP) is 3.79. The lowest BCUT2D eigenvalue weighted by Gasteiger charge is -2.30. The van der Waals surface area contributed by atoms with Crippen molar-refractivity contribution in [3.63, 3.8) is 0 Å². The molecular weight excluding hydrogens is 384 g/mol. The molecule has 1 saturated carbocycles. The first-order chi connectivity index (χ1) is 14.2. The Morgan fingerprint density at radius 1 is 1.24 bits per heavy atom. The van der Waals surface area contributed by atoms with Crippen molar-refractivity contribution in [3.8, 4) is 0 Å². The molecule has 5 rings (SSSR count). The largest absolute Gasteiger partial charge is 0.379 e. The number of benzene rings is 1. The molecule has 2 aromatic heterocycles. The van der Waals surface area contributed by atoms with Crippen molar-refractivity contribution in [3.05, 3.63) is 34.8 Å². The Bertz CT molecular complexity index is 1010. The van der Waals surface area contributed by atoms with E-state index in [1.807, 2.05) is 18.1 Å². The number of hydrogen-bond donors (Lipinski definition) is 0. The van der Waals surface area contributed by atoms with Gasteiger partial charge in [0.1, 0.15) is 4.88 Å². The zero-order chi connectivity index (χ0) is 19.8. The Morgan fingerprint density at radius 2 is 2.03 bits per heavy atom. The third-order valence-electron chi connectivity index (χ3n) is 6.33. The summed E-state index contributed by atoms with van der Waals surface area (Å²) in [4.78, 5) is 23.9. The molecular formula is C22H28N4O2S. The van der Waals surface area contributed by atoms with Crippen molar-refractivity contribution >= 4 is 33.2 Å². The molecule has 154 valence electrons. The summed E-state index contributed by atoms with van der Waals surface area (Å²) >= 11 is 1.50. The van der Waals surface area contributed by atoms with Crippen LogP contribution < -0.4 is 0 Å². The SMILES string of the molecule is CN(C(=O)c1cn2c(nc3ccc(CN4CCOCC4)cc32)s1)C1CCCCC1. The van der Waals surface area contributed by atoms with E-state index in [2.05, 4.69) is 27.5 Å². The molecule has 6 nitrogen and oxygen atoms in total.